The molecule has 9 nitrogen and oxygen atoms in total. The van der Waals surface area contributed by atoms with Crippen LogP contribution in [0.1, 0.15) is 4.88 Å². The number of thiophene rings is 1. The van der Waals surface area contributed by atoms with Crippen molar-refractivity contribution in [3.8, 4) is 0 Å². The van der Waals surface area contributed by atoms with Crippen LogP contribution in [0.15, 0.2) is 69.3 Å². The number of thioether (sulfide) groups is 1. The van der Waals surface area contributed by atoms with Crippen molar-refractivity contribution >= 4 is 57.7 Å². The summed E-state index contributed by atoms with van der Waals surface area (Å²) in [5.41, 5.74) is 1.02. The van der Waals surface area contributed by atoms with Gasteiger partial charge in [-0.15, -0.1) is 11.3 Å². The summed E-state index contributed by atoms with van der Waals surface area (Å²) in [7, 11) is 3.58. The second-order valence-electron chi connectivity index (χ2n) is 6.59. The summed E-state index contributed by atoms with van der Waals surface area (Å²) in [5, 5.41) is 10.5. The van der Waals surface area contributed by atoms with Gasteiger partial charge in [-0.05, 0) is 29.7 Å². The van der Waals surface area contributed by atoms with Crippen LogP contribution in [-0.2, 0) is 9.59 Å². The van der Waals surface area contributed by atoms with Gasteiger partial charge in [-0.25, -0.2) is 4.99 Å². The lowest BCUT2D eigenvalue weighted by molar-refractivity contribution is -0.753. The van der Waals surface area contributed by atoms with E-state index in [0.717, 1.165) is 4.88 Å². The van der Waals surface area contributed by atoms with Gasteiger partial charge in [-0.3, -0.25) is 24.3 Å². The van der Waals surface area contributed by atoms with Crippen molar-refractivity contribution < 1.29 is 18.9 Å². The van der Waals surface area contributed by atoms with E-state index >= 15 is 0 Å². The largest absolute Gasteiger partial charge is 0.305 e. The predicted octanol–water partition coefficient (Wildman–Crippen LogP) is 2.34. The number of aliphatic imine (C=N–C) groups is 1. The van der Waals surface area contributed by atoms with Gasteiger partial charge in [-0.1, -0.05) is 36.0 Å². The first kappa shape index (κ1) is 20.8. The molecule has 11 heteroatoms. The fourth-order valence-corrected chi connectivity index (χ4v) is 4.15. The van der Waals surface area contributed by atoms with E-state index in [1.54, 1.807) is 31.4 Å². The first-order chi connectivity index (χ1) is 15.0. The zero-order chi connectivity index (χ0) is 21.8. The molecule has 1 aliphatic rings. The smallest absolute Gasteiger partial charge is 0.288 e. The van der Waals surface area contributed by atoms with E-state index in [1.807, 2.05) is 47.8 Å². The minimum absolute atomic E-state index is 0.0460. The second kappa shape index (κ2) is 9.14. The first-order valence-corrected chi connectivity index (χ1v) is 11.1. The molecule has 0 spiro atoms. The average Bonchev–Trinajstić information content (AvgIpc) is 3.49. The Kier molecular flexibility index (Phi) is 6.14. The van der Waals surface area contributed by atoms with Crippen LogP contribution in [0, 0.1) is 0 Å². The molecule has 158 valence electrons. The lowest BCUT2D eigenvalue weighted by Crippen LogP contribution is -2.53. The monoisotopic (exact) mass is 455 g/mol. The Balaban J connectivity index is 1.50. The van der Waals surface area contributed by atoms with Crippen molar-refractivity contribution in [3.05, 3.63) is 64.6 Å². The molecular formula is C20H19N6O3S2+. The van der Waals surface area contributed by atoms with Crippen LogP contribution in [0.4, 0.5) is 11.6 Å². The zero-order valence-electron chi connectivity index (χ0n) is 16.8. The molecule has 4 rings (SSSR count). The molecule has 0 saturated carbocycles. The number of hydrogen-bond acceptors (Lipinski definition) is 8. The molecule has 0 bridgehead atoms. The van der Waals surface area contributed by atoms with Gasteiger partial charge in [0.1, 0.15) is 5.70 Å². The fraction of sp³-hybridized carbons (Fsp3) is 0.150. The number of carbonyl (C=O) groups excluding carboxylic acids is 2. The highest BCUT2D eigenvalue weighted by Gasteiger charge is 2.32. The molecule has 0 fully saturated rings. The van der Waals surface area contributed by atoms with Crippen molar-refractivity contribution in [1.29, 1.82) is 0 Å². The summed E-state index contributed by atoms with van der Waals surface area (Å²) in [4.78, 5) is 33.8. The third kappa shape index (κ3) is 4.84. The van der Waals surface area contributed by atoms with Gasteiger partial charge in [0, 0.05) is 4.88 Å². The molecule has 0 unspecified atom stereocenters. The summed E-state index contributed by atoms with van der Waals surface area (Å²) < 4.78 is 5.08. The van der Waals surface area contributed by atoms with Crippen LogP contribution in [0.2, 0.25) is 0 Å². The maximum Gasteiger partial charge on any atom is 0.305 e. The Morgan fingerprint density at radius 3 is 2.77 bits per heavy atom. The van der Waals surface area contributed by atoms with Gasteiger partial charge >= 0.3 is 5.88 Å². The van der Waals surface area contributed by atoms with E-state index < -0.39 is 0 Å². The molecule has 1 aromatic carbocycles. The Morgan fingerprint density at radius 1 is 1.29 bits per heavy atom. The molecule has 2 aromatic heterocycles. The highest BCUT2D eigenvalue weighted by molar-refractivity contribution is 8.14. The predicted molar refractivity (Wildman–Crippen MR) is 122 cm³/mol. The Morgan fingerprint density at radius 2 is 2.10 bits per heavy atom. The number of aromatic nitrogens is 2. The van der Waals surface area contributed by atoms with Crippen LogP contribution in [0.25, 0.3) is 6.08 Å². The lowest BCUT2D eigenvalue weighted by atomic mass is 10.3. The van der Waals surface area contributed by atoms with Gasteiger partial charge in [0.05, 0.1) is 30.3 Å². The van der Waals surface area contributed by atoms with Crippen molar-refractivity contribution in [2.24, 2.45) is 4.99 Å². The number of amides is 2. The Labute approximate surface area is 186 Å². The number of para-hydroxylation sites is 1. The van der Waals surface area contributed by atoms with Crippen LogP contribution in [0.5, 0.6) is 0 Å². The van der Waals surface area contributed by atoms with E-state index in [-0.39, 0.29) is 23.5 Å². The molecule has 1 aliphatic heterocycles. The van der Waals surface area contributed by atoms with Gasteiger partial charge in [0.15, 0.2) is 5.17 Å². The zero-order valence-corrected chi connectivity index (χ0v) is 18.4. The van der Waals surface area contributed by atoms with Crippen molar-refractivity contribution in [3.63, 3.8) is 0 Å². The van der Waals surface area contributed by atoms with E-state index in [4.69, 9.17) is 4.52 Å². The molecule has 0 atom stereocenters. The maximum atomic E-state index is 13.0. The first-order valence-electron chi connectivity index (χ1n) is 9.23. The topological polar surface area (TPSA) is 94.9 Å². The number of amidine groups is 1. The van der Waals surface area contributed by atoms with Crippen molar-refractivity contribution in [2.45, 2.75) is 0 Å². The number of rotatable bonds is 6. The molecular weight excluding hydrogens is 436 g/mol. The summed E-state index contributed by atoms with van der Waals surface area (Å²) in [6.45, 7) is 0. The van der Waals surface area contributed by atoms with Gasteiger partial charge < -0.3 is 0 Å². The number of benzene rings is 1. The minimum atomic E-state index is -0.300. The molecule has 2 amide bonds. The number of carbonyl (C=O) groups is 2. The second-order valence-corrected chi connectivity index (χ2v) is 8.51. The van der Waals surface area contributed by atoms with Gasteiger partial charge in [0.2, 0.25) is 11.2 Å². The highest BCUT2D eigenvalue weighted by atomic mass is 32.2. The number of nitrogens with one attached hydrogen (secondary N) is 1. The van der Waals surface area contributed by atoms with Crippen LogP contribution < -0.4 is 20.0 Å². The van der Waals surface area contributed by atoms with Crippen LogP contribution in [-0.4, -0.2) is 42.1 Å². The molecule has 1 N–H and O–H groups in total. The van der Waals surface area contributed by atoms with Crippen molar-refractivity contribution in [2.75, 3.05) is 35.1 Å². The molecule has 0 aliphatic carbocycles. The summed E-state index contributed by atoms with van der Waals surface area (Å²) in [5.74, 6) is -0.262. The molecule has 3 aromatic rings. The normalized spacial score (nSPS) is 14.8. The summed E-state index contributed by atoms with van der Waals surface area (Å²) in [6.07, 6.45) is 3.31. The Bertz CT molecular complexity index is 1140. The Hall–Kier alpha value is -3.44. The number of hydrogen-bond donors (Lipinski definition) is 1. The van der Waals surface area contributed by atoms with Crippen LogP contribution in [0.3, 0.4) is 0 Å². The van der Waals surface area contributed by atoms with Gasteiger partial charge in [0.25, 0.3) is 12.1 Å². The standard InChI is InChI=1S/C20H18N6O3S2/c1-24(2)25-12-18(29-23-25)22-17(27)13-31-20-21-16(11-15-9-6-10-30-15)19(28)26(20)14-7-4-3-5-8-14/h3-12H,13H2,1-2H3/p+1/b16-11+. The molecule has 3 heterocycles. The summed E-state index contributed by atoms with van der Waals surface area (Å²) in [6, 6.07) is 13.1. The summed E-state index contributed by atoms with van der Waals surface area (Å²) >= 11 is 2.70. The van der Waals surface area contributed by atoms with E-state index in [1.165, 1.54) is 32.8 Å². The third-order valence-electron chi connectivity index (χ3n) is 4.13. The highest BCUT2D eigenvalue weighted by Crippen LogP contribution is 2.29. The van der Waals surface area contributed by atoms with Gasteiger partial charge in [-0.2, -0.15) is 5.01 Å². The van der Waals surface area contributed by atoms with E-state index in [9.17, 15) is 9.59 Å². The van der Waals surface area contributed by atoms with Crippen molar-refractivity contribution in [1.82, 2.24) is 5.27 Å². The van der Waals surface area contributed by atoms with Crippen LogP contribution >= 0.6 is 23.1 Å². The maximum absolute atomic E-state index is 13.0. The molecule has 31 heavy (non-hydrogen) atoms. The fourth-order valence-electron chi connectivity index (χ4n) is 2.69. The average molecular weight is 456 g/mol. The van der Waals surface area contributed by atoms with E-state index in [0.29, 0.717) is 16.6 Å². The lowest BCUT2D eigenvalue weighted by Gasteiger charge is -2.17. The molecule has 0 radical (unpaired) electrons. The quantitative estimate of drug-likeness (QED) is 0.453. The molecule has 0 saturated heterocycles. The van der Waals surface area contributed by atoms with E-state index in [2.05, 4.69) is 15.6 Å². The SMILES string of the molecule is CN(C)[n+]1cc(NC(=O)CSC2=N/C(=C/c3cccs3)C(=O)N2c2ccccc2)on1. The number of anilines is 2. The number of nitrogens with zero attached hydrogens (tertiary/aromatic N) is 5. The third-order valence-corrected chi connectivity index (χ3v) is 5.88. The minimum Gasteiger partial charge on any atom is -0.288 e.